The van der Waals surface area contributed by atoms with Crippen LogP contribution in [0.3, 0.4) is 0 Å². The van der Waals surface area contributed by atoms with Crippen LogP contribution < -0.4 is 8.92 Å². The molecule has 0 spiro atoms. The monoisotopic (exact) mass is 419 g/mol. The van der Waals surface area contributed by atoms with Crippen molar-refractivity contribution in [3.05, 3.63) is 88.2 Å². The third kappa shape index (κ3) is 3.26. The summed E-state index contributed by atoms with van der Waals surface area (Å²) >= 11 is 1.20. The molecule has 3 aliphatic rings. The van der Waals surface area contributed by atoms with Crippen LogP contribution in [0.4, 0.5) is 4.39 Å². The molecule has 5 heteroatoms. The fraction of sp³-hybridized carbons (Fsp3) is 0.280. The Morgan fingerprint density at radius 1 is 0.967 bits per heavy atom. The van der Waals surface area contributed by atoms with Crippen LogP contribution in [0.1, 0.15) is 33.9 Å². The second kappa shape index (κ2) is 7.33. The summed E-state index contributed by atoms with van der Waals surface area (Å²) in [6, 6.07) is 18.0. The van der Waals surface area contributed by atoms with Crippen molar-refractivity contribution in [1.82, 2.24) is 4.90 Å². The molecule has 3 aromatic rings. The Bertz CT molecular complexity index is 1130. The van der Waals surface area contributed by atoms with Gasteiger partial charge < -0.3 is 8.92 Å². The van der Waals surface area contributed by atoms with Gasteiger partial charge in [0.25, 0.3) is 0 Å². The van der Waals surface area contributed by atoms with E-state index in [4.69, 9.17) is 8.92 Å². The minimum atomic E-state index is -0.248. The third-order valence-electron chi connectivity index (χ3n) is 6.41. The Balaban J connectivity index is 1.23. The van der Waals surface area contributed by atoms with Crippen molar-refractivity contribution in [1.29, 1.82) is 0 Å². The fourth-order valence-electron chi connectivity index (χ4n) is 4.90. The van der Waals surface area contributed by atoms with Crippen LogP contribution in [-0.2, 0) is 25.8 Å². The molecule has 152 valence electrons. The highest BCUT2D eigenvalue weighted by Gasteiger charge is 2.33. The largest absolute Gasteiger partial charge is 0.493 e. The molecule has 3 aliphatic heterocycles. The van der Waals surface area contributed by atoms with Crippen LogP contribution in [0.5, 0.6) is 11.5 Å². The van der Waals surface area contributed by atoms with Crippen molar-refractivity contribution < 1.29 is 13.3 Å². The second-order valence-corrected chi connectivity index (χ2v) is 9.06. The molecule has 3 aromatic carbocycles. The summed E-state index contributed by atoms with van der Waals surface area (Å²) in [6.07, 6.45) is 3.12. The van der Waals surface area contributed by atoms with Crippen LogP contribution in [0.25, 0.3) is 0 Å². The first-order chi connectivity index (χ1) is 14.7. The van der Waals surface area contributed by atoms with Gasteiger partial charge in [0.1, 0.15) is 17.3 Å². The Morgan fingerprint density at radius 3 is 2.87 bits per heavy atom. The van der Waals surface area contributed by atoms with E-state index < -0.39 is 0 Å². The van der Waals surface area contributed by atoms with Gasteiger partial charge in [0.2, 0.25) is 0 Å². The first-order valence-corrected chi connectivity index (χ1v) is 11.2. The van der Waals surface area contributed by atoms with E-state index in [9.17, 15) is 4.39 Å². The third-order valence-corrected chi connectivity index (χ3v) is 7.14. The molecule has 0 N–H and O–H groups in total. The zero-order chi connectivity index (χ0) is 20.1. The Hall–Kier alpha value is -2.50. The van der Waals surface area contributed by atoms with Crippen molar-refractivity contribution in [3.63, 3.8) is 0 Å². The van der Waals surface area contributed by atoms with Gasteiger partial charge in [0.15, 0.2) is 0 Å². The van der Waals surface area contributed by atoms with Gasteiger partial charge in [-0.05, 0) is 77.1 Å². The van der Waals surface area contributed by atoms with E-state index in [0.717, 1.165) is 55.4 Å². The van der Waals surface area contributed by atoms with Crippen molar-refractivity contribution in [2.75, 3.05) is 13.2 Å². The van der Waals surface area contributed by atoms with E-state index in [1.165, 1.54) is 52.0 Å². The highest BCUT2D eigenvalue weighted by molar-refractivity contribution is 7.95. The van der Waals surface area contributed by atoms with Crippen LogP contribution in [0.15, 0.2) is 59.5 Å². The van der Waals surface area contributed by atoms with Crippen LogP contribution >= 0.6 is 12.0 Å². The molecular weight excluding hydrogens is 397 g/mol. The molecule has 0 aromatic heterocycles. The van der Waals surface area contributed by atoms with Gasteiger partial charge >= 0.3 is 0 Å². The minimum Gasteiger partial charge on any atom is -0.493 e. The van der Waals surface area contributed by atoms with Gasteiger partial charge in [0.05, 0.1) is 23.5 Å². The lowest BCUT2D eigenvalue weighted by atomic mass is 9.83. The molecule has 1 atom stereocenters. The number of halogens is 1. The Morgan fingerprint density at radius 2 is 1.93 bits per heavy atom. The zero-order valence-electron chi connectivity index (χ0n) is 16.6. The van der Waals surface area contributed by atoms with E-state index in [0.29, 0.717) is 6.04 Å². The molecule has 0 radical (unpaired) electrons. The van der Waals surface area contributed by atoms with Gasteiger partial charge in [-0.15, -0.1) is 0 Å². The molecule has 1 unspecified atom stereocenters. The number of rotatable bonds is 3. The van der Waals surface area contributed by atoms with Gasteiger partial charge in [-0.2, -0.15) is 0 Å². The SMILES string of the molecule is Fc1cccc(SOc2ccc3c(c2)CN2CCc4cc5c(cc4C2C3)CCO5)c1. The number of ether oxygens (including phenoxy) is 1. The highest BCUT2D eigenvalue weighted by atomic mass is 32.2. The van der Waals surface area contributed by atoms with Crippen LogP contribution in [-0.4, -0.2) is 18.1 Å². The maximum absolute atomic E-state index is 13.4. The van der Waals surface area contributed by atoms with Crippen LogP contribution in [0, 0.1) is 5.82 Å². The van der Waals surface area contributed by atoms with Gasteiger partial charge in [-0.1, -0.05) is 18.2 Å². The summed E-state index contributed by atoms with van der Waals surface area (Å²) in [5.41, 5.74) is 7.02. The van der Waals surface area contributed by atoms with Crippen molar-refractivity contribution in [2.45, 2.75) is 36.7 Å². The van der Waals surface area contributed by atoms with Crippen LogP contribution in [0.2, 0.25) is 0 Å². The zero-order valence-corrected chi connectivity index (χ0v) is 17.4. The second-order valence-electron chi connectivity index (χ2n) is 8.25. The lowest BCUT2D eigenvalue weighted by Gasteiger charge is -2.41. The molecule has 30 heavy (non-hydrogen) atoms. The smallest absolute Gasteiger partial charge is 0.138 e. The van der Waals surface area contributed by atoms with E-state index in [2.05, 4.69) is 29.2 Å². The topological polar surface area (TPSA) is 21.7 Å². The summed E-state index contributed by atoms with van der Waals surface area (Å²) in [6.45, 7) is 2.82. The molecule has 3 heterocycles. The van der Waals surface area contributed by atoms with E-state index in [1.54, 1.807) is 6.07 Å². The van der Waals surface area contributed by atoms with Crippen molar-refractivity contribution >= 4 is 12.0 Å². The first-order valence-electron chi connectivity index (χ1n) is 10.5. The molecule has 6 rings (SSSR count). The number of benzene rings is 3. The maximum atomic E-state index is 13.4. The summed E-state index contributed by atoms with van der Waals surface area (Å²) in [4.78, 5) is 3.35. The van der Waals surface area contributed by atoms with Gasteiger partial charge in [-0.3, -0.25) is 4.90 Å². The summed E-state index contributed by atoms with van der Waals surface area (Å²) in [5.74, 6) is 1.66. The average molecular weight is 420 g/mol. The molecule has 0 saturated carbocycles. The molecule has 0 bridgehead atoms. The van der Waals surface area contributed by atoms with Gasteiger partial charge in [0, 0.05) is 25.6 Å². The summed E-state index contributed by atoms with van der Waals surface area (Å²) in [5, 5.41) is 0. The predicted octanol–water partition coefficient (Wildman–Crippen LogP) is 5.50. The fourth-order valence-corrected chi connectivity index (χ4v) is 5.49. The lowest BCUT2D eigenvalue weighted by Crippen LogP contribution is -2.39. The van der Waals surface area contributed by atoms with Crippen molar-refractivity contribution in [2.24, 2.45) is 0 Å². The molecule has 0 saturated heterocycles. The van der Waals surface area contributed by atoms with E-state index in [-0.39, 0.29) is 5.82 Å². The van der Waals surface area contributed by atoms with E-state index >= 15 is 0 Å². The number of nitrogens with zero attached hydrogens (tertiary/aromatic N) is 1. The van der Waals surface area contributed by atoms with Gasteiger partial charge in [-0.25, -0.2) is 4.39 Å². The molecule has 0 aliphatic carbocycles. The minimum absolute atomic E-state index is 0.248. The number of fused-ring (bicyclic) bond motifs is 5. The normalized spacial score (nSPS) is 19.3. The Kier molecular flexibility index (Phi) is 4.46. The average Bonchev–Trinajstić information content (AvgIpc) is 3.22. The maximum Gasteiger partial charge on any atom is 0.138 e. The molecular formula is C25H22FNO2S. The molecule has 0 fully saturated rings. The standard InChI is InChI=1S/C25H22FNO2S/c26-20-2-1-3-22(14-20)30-29-21-5-4-16-12-24-23-11-18-7-9-28-25(18)13-17(23)6-8-27(24)15-19(16)10-21/h1-5,10-11,13-14,24H,6-9,12,15H2. The van der Waals surface area contributed by atoms with Crippen molar-refractivity contribution in [3.8, 4) is 11.5 Å². The molecule has 0 amide bonds. The first kappa shape index (κ1) is 18.3. The predicted molar refractivity (Wildman–Crippen MR) is 116 cm³/mol. The van der Waals surface area contributed by atoms with E-state index in [1.807, 2.05) is 12.1 Å². The Labute approximate surface area is 180 Å². The highest BCUT2D eigenvalue weighted by Crippen LogP contribution is 2.42. The summed E-state index contributed by atoms with van der Waals surface area (Å²) in [7, 11) is 0. The quantitative estimate of drug-likeness (QED) is 0.523. The number of hydrogen-bond acceptors (Lipinski definition) is 4. The molecule has 3 nitrogen and oxygen atoms in total. The lowest BCUT2D eigenvalue weighted by molar-refractivity contribution is 0.160. The summed E-state index contributed by atoms with van der Waals surface area (Å²) < 4.78 is 25.0. The number of hydrogen-bond donors (Lipinski definition) is 0.